The Morgan fingerprint density at radius 1 is 1.19 bits per heavy atom. The number of carboxylic acid groups (broad SMARTS) is 1. The first-order valence-electron chi connectivity index (χ1n) is 13.4. The molecule has 1 aromatic carbocycles. The van der Waals surface area contributed by atoms with Crippen molar-refractivity contribution >= 4 is 45.8 Å². The minimum atomic E-state index is -2.41. The Morgan fingerprint density at radius 3 is 2.74 bits per heavy atom. The summed E-state index contributed by atoms with van der Waals surface area (Å²) in [5, 5.41) is 15.0. The second kappa shape index (κ2) is 11.5. The molecule has 2 aliphatic rings. The number of anilines is 1. The van der Waals surface area contributed by atoms with Gasteiger partial charge < -0.3 is 19.3 Å². The van der Waals surface area contributed by atoms with Gasteiger partial charge in [-0.3, -0.25) is 14.4 Å². The highest BCUT2D eigenvalue weighted by Crippen LogP contribution is 2.36. The van der Waals surface area contributed by atoms with E-state index in [4.69, 9.17) is 27.9 Å². The van der Waals surface area contributed by atoms with Crippen molar-refractivity contribution in [2.75, 3.05) is 37.7 Å². The number of likely N-dealkylation sites (tertiary alicyclic amines) is 1. The lowest BCUT2D eigenvalue weighted by molar-refractivity contribution is 0.0259. The third kappa shape index (κ3) is 5.41. The van der Waals surface area contributed by atoms with Gasteiger partial charge in [0.15, 0.2) is 0 Å². The molecule has 0 aliphatic carbocycles. The number of benzene rings is 1. The smallest absolute Gasteiger partial charge is 0.341 e. The number of fused-ring (bicyclic) bond motifs is 1. The topological polar surface area (TPSA) is 106 Å². The normalized spacial score (nSPS) is 17.7. The Labute approximate surface area is 248 Å². The lowest BCUT2D eigenvalue weighted by Crippen LogP contribution is -2.49. The molecule has 5 heterocycles. The van der Waals surface area contributed by atoms with Crippen LogP contribution in [0.3, 0.4) is 0 Å². The van der Waals surface area contributed by atoms with E-state index in [0.29, 0.717) is 59.1 Å². The fourth-order valence-electron chi connectivity index (χ4n) is 5.61. The zero-order chi connectivity index (χ0) is 29.5. The first-order chi connectivity index (χ1) is 20.2. The minimum absolute atomic E-state index is 0.0472. The van der Waals surface area contributed by atoms with Crippen LogP contribution in [-0.4, -0.2) is 80.6 Å². The van der Waals surface area contributed by atoms with Crippen LogP contribution in [0.5, 0.6) is 5.88 Å². The molecule has 1 N–H and O–H groups in total. The third-order valence-corrected chi connectivity index (χ3v) is 8.29. The Kier molecular flexibility index (Phi) is 7.77. The van der Waals surface area contributed by atoms with Crippen LogP contribution in [0.15, 0.2) is 53.8 Å². The molecule has 6 rings (SSSR count). The van der Waals surface area contributed by atoms with E-state index < -0.39 is 23.4 Å². The van der Waals surface area contributed by atoms with Gasteiger partial charge in [0.25, 0.3) is 6.43 Å². The number of ether oxygens (including phenoxy) is 1. The standard InChI is InChI=1S/C28H26Cl2F2N6O4/c29-21-4-1-5-33-27(21)42-15-16-3-2-6-36(16)24-8-23-19(7-22(24)30)26(39)20(28(40)41)13-37(23)17-9-34-38(12-17)18-10-35(11-18)14-25(31)32/h1,4-5,7-9,12-13,16,18,25H,2-3,6,10-11,14-15H2,(H,40,41). The van der Waals surface area contributed by atoms with Crippen molar-refractivity contribution in [3.05, 3.63) is 74.9 Å². The maximum atomic E-state index is 13.2. The molecule has 0 radical (unpaired) electrons. The molecule has 0 amide bonds. The number of carboxylic acids is 1. The second-order valence-corrected chi connectivity index (χ2v) is 11.2. The summed E-state index contributed by atoms with van der Waals surface area (Å²) in [5.41, 5.74) is 0.589. The Morgan fingerprint density at radius 2 is 2.00 bits per heavy atom. The van der Waals surface area contributed by atoms with Gasteiger partial charge in [-0.25, -0.2) is 18.6 Å². The molecular weight excluding hydrogens is 593 g/mol. The fourth-order valence-corrected chi connectivity index (χ4v) is 6.05. The first kappa shape index (κ1) is 28.4. The van der Waals surface area contributed by atoms with Crippen LogP contribution < -0.4 is 15.1 Å². The highest BCUT2D eigenvalue weighted by Gasteiger charge is 2.31. The summed E-state index contributed by atoms with van der Waals surface area (Å²) in [4.78, 5) is 33.1. The number of halogens is 4. The zero-order valence-electron chi connectivity index (χ0n) is 22.2. The number of nitrogens with zero attached hydrogens (tertiary/aromatic N) is 6. The van der Waals surface area contributed by atoms with Gasteiger partial charge in [0.2, 0.25) is 11.3 Å². The quantitative estimate of drug-likeness (QED) is 0.286. The summed E-state index contributed by atoms with van der Waals surface area (Å²) in [7, 11) is 0. The number of rotatable bonds is 9. The van der Waals surface area contributed by atoms with E-state index >= 15 is 0 Å². The van der Waals surface area contributed by atoms with Crippen molar-refractivity contribution in [2.24, 2.45) is 0 Å². The Bertz CT molecular complexity index is 1710. The van der Waals surface area contributed by atoms with E-state index in [1.54, 1.807) is 50.9 Å². The molecule has 4 aromatic rings. The summed E-state index contributed by atoms with van der Waals surface area (Å²) in [6, 6.07) is 6.57. The molecule has 3 aromatic heterocycles. The van der Waals surface area contributed by atoms with Crippen LogP contribution in [0, 0.1) is 0 Å². The van der Waals surface area contributed by atoms with Crippen molar-refractivity contribution < 1.29 is 23.4 Å². The first-order valence-corrected chi connectivity index (χ1v) is 14.1. The van der Waals surface area contributed by atoms with Gasteiger partial charge in [-0.1, -0.05) is 23.2 Å². The predicted molar refractivity (Wildman–Crippen MR) is 154 cm³/mol. The lowest BCUT2D eigenvalue weighted by atomic mass is 10.1. The maximum absolute atomic E-state index is 13.2. The average Bonchev–Trinajstić information content (AvgIpc) is 3.60. The van der Waals surface area contributed by atoms with Gasteiger partial charge in [0.05, 0.1) is 46.7 Å². The molecule has 2 fully saturated rings. The molecule has 1 unspecified atom stereocenters. The van der Waals surface area contributed by atoms with Crippen LogP contribution in [0.25, 0.3) is 16.6 Å². The summed E-state index contributed by atoms with van der Waals surface area (Å²) >= 11 is 12.9. The van der Waals surface area contributed by atoms with E-state index in [0.717, 1.165) is 12.8 Å². The SMILES string of the molecule is O=C(O)c1cn(-c2cnn(C3CN(CC(F)F)C3)c2)c2cc(N3CCCC3COc3ncccc3Cl)c(Cl)cc2c1=O. The molecule has 2 aliphatic heterocycles. The fraction of sp³-hybridized carbons (Fsp3) is 0.357. The van der Waals surface area contributed by atoms with E-state index in [-0.39, 0.29) is 24.0 Å². The average molecular weight is 619 g/mol. The molecule has 0 saturated carbocycles. The zero-order valence-corrected chi connectivity index (χ0v) is 23.7. The second-order valence-electron chi connectivity index (χ2n) is 10.4. The highest BCUT2D eigenvalue weighted by atomic mass is 35.5. The molecule has 0 spiro atoms. The number of pyridine rings is 2. The molecular formula is C28H26Cl2F2N6O4. The molecule has 0 bridgehead atoms. The Balaban J connectivity index is 1.35. The van der Waals surface area contributed by atoms with Gasteiger partial charge in [-0.05, 0) is 37.1 Å². The maximum Gasteiger partial charge on any atom is 0.341 e. The number of alkyl halides is 2. The number of aromatic carboxylic acids is 1. The summed E-state index contributed by atoms with van der Waals surface area (Å²) in [5.74, 6) is -1.03. The number of hydrogen-bond donors (Lipinski definition) is 1. The van der Waals surface area contributed by atoms with E-state index in [9.17, 15) is 23.5 Å². The van der Waals surface area contributed by atoms with Crippen LogP contribution >= 0.6 is 23.2 Å². The number of carbonyl (C=O) groups is 1. The number of hydrogen-bond acceptors (Lipinski definition) is 7. The van der Waals surface area contributed by atoms with Gasteiger partial charge in [0.1, 0.15) is 17.2 Å². The molecule has 42 heavy (non-hydrogen) atoms. The molecule has 14 heteroatoms. The minimum Gasteiger partial charge on any atom is -0.477 e. The van der Waals surface area contributed by atoms with Crippen molar-refractivity contribution in [2.45, 2.75) is 31.4 Å². The summed E-state index contributed by atoms with van der Waals surface area (Å²) < 4.78 is 34.6. The molecule has 1 atom stereocenters. The van der Waals surface area contributed by atoms with Gasteiger partial charge in [-0.15, -0.1) is 0 Å². The van der Waals surface area contributed by atoms with Gasteiger partial charge >= 0.3 is 5.97 Å². The summed E-state index contributed by atoms with van der Waals surface area (Å²) in [6.45, 7) is 1.57. The molecule has 2 saturated heterocycles. The van der Waals surface area contributed by atoms with Crippen molar-refractivity contribution in [1.82, 2.24) is 24.2 Å². The molecule has 10 nitrogen and oxygen atoms in total. The monoisotopic (exact) mass is 618 g/mol. The lowest BCUT2D eigenvalue weighted by Gasteiger charge is -2.38. The summed E-state index contributed by atoms with van der Waals surface area (Å²) in [6.07, 6.45) is 5.48. The van der Waals surface area contributed by atoms with Crippen LogP contribution in [0.1, 0.15) is 29.2 Å². The van der Waals surface area contributed by atoms with Crippen LogP contribution in [-0.2, 0) is 0 Å². The van der Waals surface area contributed by atoms with E-state index in [2.05, 4.69) is 15.0 Å². The van der Waals surface area contributed by atoms with Gasteiger partial charge in [0, 0.05) is 43.6 Å². The van der Waals surface area contributed by atoms with E-state index in [1.807, 2.05) is 0 Å². The predicted octanol–water partition coefficient (Wildman–Crippen LogP) is 4.76. The Hall–Kier alpha value is -3.74. The van der Waals surface area contributed by atoms with Crippen LogP contribution in [0.2, 0.25) is 10.0 Å². The number of aromatic nitrogens is 4. The van der Waals surface area contributed by atoms with E-state index in [1.165, 1.54) is 12.3 Å². The van der Waals surface area contributed by atoms with Crippen LogP contribution in [0.4, 0.5) is 14.5 Å². The van der Waals surface area contributed by atoms with Crippen molar-refractivity contribution in [3.63, 3.8) is 0 Å². The van der Waals surface area contributed by atoms with Gasteiger partial charge in [-0.2, -0.15) is 5.10 Å². The van der Waals surface area contributed by atoms with Crippen molar-refractivity contribution in [3.8, 4) is 11.6 Å². The van der Waals surface area contributed by atoms with Crippen molar-refractivity contribution in [1.29, 1.82) is 0 Å². The largest absolute Gasteiger partial charge is 0.477 e. The third-order valence-electron chi connectivity index (χ3n) is 7.70. The highest BCUT2D eigenvalue weighted by molar-refractivity contribution is 6.34. The molecule has 220 valence electrons.